The molecule has 1 aliphatic heterocycles. The summed E-state index contributed by atoms with van der Waals surface area (Å²) in [5, 5.41) is 3.80. The molecule has 19 heavy (non-hydrogen) atoms. The first-order valence-electron chi connectivity index (χ1n) is 6.07. The summed E-state index contributed by atoms with van der Waals surface area (Å²) in [6.45, 7) is 1.62. The quantitative estimate of drug-likeness (QED) is 0.929. The second kappa shape index (κ2) is 5.97. The second-order valence-electron chi connectivity index (χ2n) is 4.60. The Morgan fingerprint density at radius 3 is 2.63 bits per heavy atom. The molecular formula is C12H16Cl2N2O2S. The Balaban J connectivity index is 2.27. The summed E-state index contributed by atoms with van der Waals surface area (Å²) in [5.41, 5.74) is 0. The van der Waals surface area contributed by atoms with Gasteiger partial charge in [-0.05, 0) is 37.6 Å². The van der Waals surface area contributed by atoms with Gasteiger partial charge in [0.15, 0.2) is 0 Å². The highest BCUT2D eigenvalue weighted by Crippen LogP contribution is 2.27. The Morgan fingerprint density at radius 2 is 2.05 bits per heavy atom. The minimum absolute atomic E-state index is 0.0202. The van der Waals surface area contributed by atoms with Crippen molar-refractivity contribution in [3.63, 3.8) is 0 Å². The van der Waals surface area contributed by atoms with Gasteiger partial charge in [0.05, 0.1) is 14.9 Å². The van der Waals surface area contributed by atoms with E-state index in [9.17, 15) is 8.42 Å². The van der Waals surface area contributed by atoms with Crippen LogP contribution in [-0.4, -0.2) is 38.9 Å². The molecule has 7 heteroatoms. The van der Waals surface area contributed by atoms with E-state index >= 15 is 0 Å². The topological polar surface area (TPSA) is 49.4 Å². The van der Waals surface area contributed by atoms with Crippen molar-refractivity contribution in [1.29, 1.82) is 0 Å². The van der Waals surface area contributed by atoms with Crippen LogP contribution in [0.5, 0.6) is 0 Å². The maximum absolute atomic E-state index is 12.5. The zero-order chi connectivity index (χ0) is 14.0. The van der Waals surface area contributed by atoms with Crippen LogP contribution in [0.3, 0.4) is 0 Å². The smallest absolute Gasteiger partial charge is 0.243 e. The van der Waals surface area contributed by atoms with E-state index in [1.165, 1.54) is 22.5 Å². The molecule has 0 radical (unpaired) electrons. The van der Waals surface area contributed by atoms with Gasteiger partial charge in [-0.1, -0.05) is 23.2 Å². The van der Waals surface area contributed by atoms with E-state index in [0.29, 0.717) is 11.6 Å². The third kappa shape index (κ3) is 3.23. The van der Waals surface area contributed by atoms with Crippen molar-refractivity contribution in [2.75, 3.05) is 20.1 Å². The minimum atomic E-state index is -3.53. The molecule has 1 N–H and O–H groups in total. The van der Waals surface area contributed by atoms with Crippen LogP contribution < -0.4 is 5.32 Å². The van der Waals surface area contributed by atoms with Gasteiger partial charge in [-0.15, -0.1) is 0 Å². The first-order chi connectivity index (χ1) is 8.93. The van der Waals surface area contributed by atoms with E-state index in [2.05, 4.69) is 5.32 Å². The number of benzene rings is 1. The van der Waals surface area contributed by atoms with Crippen molar-refractivity contribution in [1.82, 2.24) is 9.62 Å². The molecule has 0 bridgehead atoms. The summed E-state index contributed by atoms with van der Waals surface area (Å²) in [6, 6.07) is 4.36. The first kappa shape index (κ1) is 15.1. The molecule has 4 nitrogen and oxygen atoms in total. The molecule has 1 unspecified atom stereocenters. The monoisotopic (exact) mass is 322 g/mol. The number of nitrogens with one attached hydrogen (secondary N) is 1. The molecule has 0 spiro atoms. The summed E-state index contributed by atoms with van der Waals surface area (Å²) >= 11 is 11.7. The van der Waals surface area contributed by atoms with E-state index in [-0.39, 0.29) is 16.0 Å². The van der Waals surface area contributed by atoms with E-state index in [4.69, 9.17) is 23.2 Å². The van der Waals surface area contributed by atoms with Crippen LogP contribution in [0.2, 0.25) is 10.0 Å². The van der Waals surface area contributed by atoms with Gasteiger partial charge >= 0.3 is 0 Å². The number of hydrogen-bond donors (Lipinski definition) is 1. The van der Waals surface area contributed by atoms with E-state index in [0.717, 1.165) is 19.4 Å². The predicted octanol–water partition coefficient (Wildman–Crippen LogP) is 2.37. The molecule has 1 aromatic rings. The van der Waals surface area contributed by atoms with Crippen LogP contribution in [-0.2, 0) is 10.0 Å². The number of rotatable bonds is 3. The van der Waals surface area contributed by atoms with Crippen LogP contribution in [0.1, 0.15) is 12.8 Å². The summed E-state index contributed by atoms with van der Waals surface area (Å²) in [6.07, 6.45) is 1.84. The number of sulfonamides is 1. The molecule has 0 aromatic heterocycles. The fraction of sp³-hybridized carbons (Fsp3) is 0.500. The highest BCUT2D eigenvalue weighted by molar-refractivity contribution is 7.89. The Kier molecular flexibility index (Phi) is 4.74. The molecule has 106 valence electrons. The van der Waals surface area contributed by atoms with Crippen LogP contribution in [0.25, 0.3) is 0 Å². The van der Waals surface area contributed by atoms with Gasteiger partial charge in [0, 0.05) is 19.6 Å². The summed E-state index contributed by atoms with van der Waals surface area (Å²) in [7, 11) is -1.92. The highest BCUT2D eigenvalue weighted by Gasteiger charge is 2.29. The molecule has 1 aromatic carbocycles. The van der Waals surface area contributed by atoms with Crippen molar-refractivity contribution >= 4 is 33.2 Å². The largest absolute Gasteiger partial charge is 0.315 e. The van der Waals surface area contributed by atoms with Crippen molar-refractivity contribution in [3.05, 3.63) is 28.2 Å². The molecular weight excluding hydrogens is 307 g/mol. The fourth-order valence-corrected chi connectivity index (χ4v) is 3.92. The lowest BCUT2D eigenvalue weighted by Crippen LogP contribution is -2.46. The molecule has 0 amide bonds. The molecule has 1 aliphatic rings. The zero-order valence-electron chi connectivity index (χ0n) is 10.6. The predicted molar refractivity (Wildman–Crippen MR) is 77.3 cm³/mol. The lowest BCUT2D eigenvalue weighted by atomic mass is 10.1. The van der Waals surface area contributed by atoms with Gasteiger partial charge in [-0.2, -0.15) is 4.31 Å². The van der Waals surface area contributed by atoms with Gasteiger partial charge in [0.1, 0.15) is 0 Å². The molecule has 2 rings (SSSR count). The Labute approximate surface area is 123 Å². The average molecular weight is 323 g/mol. The van der Waals surface area contributed by atoms with Crippen molar-refractivity contribution in [3.8, 4) is 0 Å². The van der Waals surface area contributed by atoms with Gasteiger partial charge in [0.2, 0.25) is 10.0 Å². The SMILES string of the molecule is CN(C1CCCNC1)S(=O)(=O)c1ccc(Cl)c(Cl)c1. The molecule has 1 atom stereocenters. The number of likely N-dealkylation sites (N-methyl/N-ethyl adjacent to an activating group) is 1. The summed E-state index contributed by atoms with van der Waals surface area (Å²) in [5.74, 6) is 0. The molecule has 0 saturated carbocycles. The number of piperidine rings is 1. The van der Waals surface area contributed by atoms with Crippen LogP contribution in [0.15, 0.2) is 23.1 Å². The maximum atomic E-state index is 12.5. The third-order valence-corrected chi connectivity index (χ3v) is 6.00. The Morgan fingerprint density at radius 1 is 1.32 bits per heavy atom. The standard InChI is InChI=1S/C12H16Cl2N2O2S/c1-16(9-3-2-6-15-8-9)19(17,18)10-4-5-11(13)12(14)7-10/h4-5,7,9,15H,2-3,6,8H2,1H3. The van der Waals surface area contributed by atoms with Gasteiger partial charge in [0.25, 0.3) is 0 Å². The Bertz CT molecular complexity index is 557. The fourth-order valence-electron chi connectivity index (χ4n) is 2.14. The van der Waals surface area contributed by atoms with Gasteiger partial charge in [-0.25, -0.2) is 8.42 Å². The molecule has 1 fully saturated rings. The third-order valence-electron chi connectivity index (χ3n) is 3.35. The minimum Gasteiger partial charge on any atom is -0.315 e. The molecule has 1 heterocycles. The molecule has 1 saturated heterocycles. The van der Waals surface area contributed by atoms with Crippen molar-refractivity contribution in [2.24, 2.45) is 0 Å². The molecule has 0 aliphatic carbocycles. The highest BCUT2D eigenvalue weighted by atomic mass is 35.5. The van der Waals surface area contributed by atoms with E-state index in [1.54, 1.807) is 7.05 Å². The van der Waals surface area contributed by atoms with Crippen LogP contribution in [0.4, 0.5) is 0 Å². The maximum Gasteiger partial charge on any atom is 0.243 e. The summed E-state index contributed by atoms with van der Waals surface area (Å²) in [4.78, 5) is 0.176. The lowest BCUT2D eigenvalue weighted by molar-refractivity contribution is 0.300. The second-order valence-corrected chi connectivity index (χ2v) is 7.41. The first-order valence-corrected chi connectivity index (χ1v) is 8.26. The average Bonchev–Trinajstić information content (AvgIpc) is 2.41. The van der Waals surface area contributed by atoms with Gasteiger partial charge in [-0.3, -0.25) is 0 Å². The number of halogens is 2. The van der Waals surface area contributed by atoms with E-state index in [1.807, 2.05) is 0 Å². The zero-order valence-corrected chi connectivity index (χ0v) is 12.9. The van der Waals surface area contributed by atoms with Crippen molar-refractivity contribution in [2.45, 2.75) is 23.8 Å². The lowest BCUT2D eigenvalue weighted by Gasteiger charge is -2.30. The van der Waals surface area contributed by atoms with E-state index < -0.39 is 10.0 Å². The Hall–Kier alpha value is -0.330. The number of nitrogens with zero attached hydrogens (tertiary/aromatic N) is 1. The summed E-state index contributed by atoms with van der Waals surface area (Å²) < 4.78 is 26.4. The van der Waals surface area contributed by atoms with Crippen LogP contribution >= 0.6 is 23.2 Å². The normalized spacial score (nSPS) is 20.7. The van der Waals surface area contributed by atoms with Crippen LogP contribution in [0, 0.1) is 0 Å². The van der Waals surface area contributed by atoms with Gasteiger partial charge < -0.3 is 5.32 Å². The number of hydrogen-bond acceptors (Lipinski definition) is 3. The van der Waals surface area contributed by atoms with Crippen molar-refractivity contribution < 1.29 is 8.42 Å².